The molecule has 3 heterocycles. The van der Waals surface area contributed by atoms with Crippen LogP contribution in [0, 0.1) is 0 Å². The standard InChI is InChI=1S/C19H31N4O6P/c1-5-19(6-2,29-30(26,27)11(3)4)9-13-14(24)15(25)18(28-13)23-8-7-12-16(20)21-10-22-17(12)23/h7-8,10-11,13-15,18,24-25H,5-6,9H2,1-4H3,(H,26,27)(H2,20,21,22)/t13?,14-,15-,18-/m1/s1. The molecule has 11 heteroatoms. The third-order valence-electron chi connectivity index (χ3n) is 5.99. The summed E-state index contributed by atoms with van der Waals surface area (Å²) in [7, 11) is -3.85. The molecular weight excluding hydrogens is 411 g/mol. The first-order chi connectivity index (χ1) is 14.0. The average molecular weight is 442 g/mol. The fourth-order valence-corrected chi connectivity index (χ4v) is 4.88. The monoisotopic (exact) mass is 442 g/mol. The number of rotatable bonds is 8. The predicted octanol–water partition coefficient (Wildman–Crippen LogP) is 2.19. The Morgan fingerprint density at radius 1 is 1.30 bits per heavy atom. The molecule has 3 rings (SSSR count). The molecule has 0 aliphatic carbocycles. The molecule has 10 nitrogen and oxygen atoms in total. The summed E-state index contributed by atoms with van der Waals surface area (Å²) in [4.78, 5) is 18.4. The van der Waals surface area contributed by atoms with Crippen LogP contribution in [-0.2, 0) is 13.8 Å². The van der Waals surface area contributed by atoms with Gasteiger partial charge >= 0.3 is 7.60 Å². The van der Waals surface area contributed by atoms with Crippen LogP contribution < -0.4 is 5.73 Å². The van der Waals surface area contributed by atoms with Crippen molar-refractivity contribution in [3.63, 3.8) is 0 Å². The minimum absolute atomic E-state index is 0.155. The van der Waals surface area contributed by atoms with E-state index in [2.05, 4.69) is 9.97 Å². The van der Waals surface area contributed by atoms with Crippen LogP contribution in [0.3, 0.4) is 0 Å². The first-order valence-corrected chi connectivity index (χ1v) is 11.8. The van der Waals surface area contributed by atoms with Gasteiger partial charge in [0.15, 0.2) is 6.23 Å². The molecule has 0 spiro atoms. The zero-order chi connectivity index (χ0) is 22.3. The van der Waals surface area contributed by atoms with Crippen LogP contribution in [0.2, 0.25) is 0 Å². The van der Waals surface area contributed by atoms with Crippen molar-refractivity contribution in [3.8, 4) is 0 Å². The zero-order valence-electron chi connectivity index (χ0n) is 17.7. The molecular formula is C19H31N4O6P. The SMILES string of the molecule is CCC(CC)(CC1O[C@@H](n2ccc3c(N)ncnc32)[C@H](O)[C@@H]1O)OP(=O)(O)C(C)C. The molecule has 2 aromatic heterocycles. The number of aliphatic hydroxyl groups excluding tert-OH is 2. The number of hydrogen-bond donors (Lipinski definition) is 4. The topological polar surface area (TPSA) is 153 Å². The summed E-state index contributed by atoms with van der Waals surface area (Å²) in [6.07, 6.45) is -0.0760. The number of aromatic nitrogens is 3. The van der Waals surface area contributed by atoms with Gasteiger partial charge in [0, 0.05) is 12.6 Å². The van der Waals surface area contributed by atoms with Crippen LogP contribution in [0.4, 0.5) is 5.82 Å². The Balaban J connectivity index is 1.86. The Bertz CT molecular complexity index is 931. The minimum atomic E-state index is -3.85. The van der Waals surface area contributed by atoms with Crippen molar-refractivity contribution in [1.29, 1.82) is 0 Å². The third-order valence-corrected chi connectivity index (χ3v) is 7.94. The van der Waals surface area contributed by atoms with Crippen molar-refractivity contribution in [2.75, 3.05) is 5.73 Å². The fourth-order valence-electron chi connectivity index (χ4n) is 3.78. The lowest BCUT2D eigenvalue weighted by molar-refractivity contribution is -0.0711. The number of nitrogen functional groups attached to an aromatic ring is 1. The smallest absolute Gasteiger partial charge is 0.331 e. The lowest BCUT2D eigenvalue weighted by Crippen LogP contribution is -2.40. The van der Waals surface area contributed by atoms with Gasteiger partial charge in [-0.05, 0) is 18.9 Å². The maximum Gasteiger partial charge on any atom is 0.331 e. The second-order valence-electron chi connectivity index (χ2n) is 8.11. The summed E-state index contributed by atoms with van der Waals surface area (Å²) < 4.78 is 25.9. The molecule has 5 N–H and O–H groups in total. The second-order valence-corrected chi connectivity index (χ2v) is 10.5. The van der Waals surface area contributed by atoms with E-state index in [0.29, 0.717) is 29.7 Å². The van der Waals surface area contributed by atoms with E-state index in [9.17, 15) is 19.7 Å². The molecule has 30 heavy (non-hydrogen) atoms. The highest BCUT2D eigenvalue weighted by Crippen LogP contribution is 2.53. The highest BCUT2D eigenvalue weighted by Gasteiger charge is 2.49. The summed E-state index contributed by atoms with van der Waals surface area (Å²) >= 11 is 0. The predicted molar refractivity (Wildman–Crippen MR) is 112 cm³/mol. The molecule has 2 aromatic rings. The highest BCUT2D eigenvalue weighted by molar-refractivity contribution is 7.53. The largest absolute Gasteiger partial charge is 0.388 e. The summed E-state index contributed by atoms with van der Waals surface area (Å²) in [6.45, 7) is 6.97. The van der Waals surface area contributed by atoms with Crippen LogP contribution in [0.1, 0.15) is 53.2 Å². The summed E-state index contributed by atoms with van der Waals surface area (Å²) in [5, 5.41) is 22.0. The Hall–Kier alpha value is -1.55. The molecule has 5 atom stereocenters. The lowest BCUT2D eigenvalue weighted by Gasteiger charge is -2.37. The molecule has 1 saturated heterocycles. The first kappa shape index (κ1) is 23.1. The van der Waals surface area contributed by atoms with Crippen LogP contribution in [0.5, 0.6) is 0 Å². The number of fused-ring (bicyclic) bond motifs is 1. The van der Waals surface area contributed by atoms with Gasteiger partial charge in [0.2, 0.25) is 0 Å². The average Bonchev–Trinajstić information content (AvgIpc) is 3.24. The van der Waals surface area contributed by atoms with E-state index in [1.807, 2.05) is 13.8 Å². The quantitative estimate of drug-likeness (QED) is 0.451. The molecule has 1 fully saturated rings. The van der Waals surface area contributed by atoms with Crippen molar-refractivity contribution < 1.29 is 28.9 Å². The van der Waals surface area contributed by atoms with E-state index in [1.54, 1.807) is 30.7 Å². The number of nitrogens with two attached hydrogens (primary N) is 1. The summed E-state index contributed by atoms with van der Waals surface area (Å²) in [5.41, 5.74) is 4.83. The molecule has 0 amide bonds. The number of ether oxygens (including phenoxy) is 1. The molecule has 0 aromatic carbocycles. The number of anilines is 1. The molecule has 0 saturated carbocycles. The van der Waals surface area contributed by atoms with Gasteiger partial charge in [-0.15, -0.1) is 0 Å². The summed E-state index contributed by atoms with van der Waals surface area (Å²) in [6, 6.07) is 1.72. The van der Waals surface area contributed by atoms with Gasteiger partial charge in [0.05, 0.1) is 22.8 Å². The van der Waals surface area contributed by atoms with Gasteiger partial charge in [-0.3, -0.25) is 4.57 Å². The first-order valence-electron chi connectivity index (χ1n) is 10.2. The van der Waals surface area contributed by atoms with E-state index in [4.69, 9.17) is 15.0 Å². The molecule has 0 radical (unpaired) electrons. The van der Waals surface area contributed by atoms with E-state index >= 15 is 0 Å². The maximum atomic E-state index is 12.5. The van der Waals surface area contributed by atoms with Crippen molar-refractivity contribution >= 4 is 24.4 Å². The number of aliphatic hydroxyl groups is 2. The van der Waals surface area contributed by atoms with Crippen LogP contribution in [0.25, 0.3) is 11.0 Å². The van der Waals surface area contributed by atoms with Gasteiger partial charge in [0.1, 0.15) is 30.0 Å². The Labute approximate surface area is 175 Å². The van der Waals surface area contributed by atoms with Gasteiger partial charge in [-0.2, -0.15) is 0 Å². The minimum Gasteiger partial charge on any atom is -0.388 e. The van der Waals surface area contributed by atoms with Crippen LogP contribution >= 0.6 is 7.60 Å². The Kier molecular flexibility index (Phi) is 6.57. The molecule has 168 valence electrons. The van der Waals surface area contributed by atoms with Gasteiger partial charge in [-0.1, -0.05) is 27.7 Å². The van der Waals surface area contributed by atoms with E-state index in [0.717, 1.165) is 0 Å². The highest BCUT2D eigenvalue weighted by atomic mass is 31.2. The van der Waals surface area contributed by atoms with Crippen molar-refractivity contribution in [2.24, 2.45) is 0 Å². The lowest BCUT2D eigenvalue weighted by atomic mass is 9.88. The molecule has 1 aliphatic heterocycles. The Morgan fingerprint density at radius 3 is 2.57 bits per heavy atom. The van der Waals surface area contributed by atoms with Crippen molar-refractivity contribution in [1.82, 2.24) is 14.5 Å². The third kappa shape index (κ3) is 4.12. The fraction of sp³-hybridized carbons (Fsp3) is 0.684. The van der Waals surface area contributed by atoms with Gasteiger partial charge in [0.25, 0.3) is 0 Å². The molecule has 1 aliphatic rings. The van der Waals surface area contributed by atoms with E-state index in [-0.39, 0.29) is 6.42 Å². The van der Waals surface area contributed by atoms with Gasteiger partial charge in [-0.25, -0.2) is 9.97 Å². The van der Waals surface area contributed by atoms with Crippen molar-refractivity contribution in [2.45, 2.75) is 82.8 Å². The second kappa shape index (κ2) is 8.53. The normalized spacial score (nSPS) is 27.1. The Morgan fingerprint density at radius 2 is 1.97 bits per heavy atom. The number of hydrogen-bond acceptors (Lipinski definition) is 8. The summed E-state index contributed by atoms with van der Waals surface area (Å²) in [5.74, 6) is 0.306. The maximum absolute atomic E-state index is 12.5. The van der Waals surface area contributed by atoms with Crippen LogP contribution in [-0.4, -0.2) is 59.2 Å². The van der Waals surface area contributed by atoms with E-state index < -0.39 is 43.4 Å². The van der Waals surface area contributed by atoms with E-state index in [1.165, 1.54) is 6.33 Å². The van der Waals surface area contributed by atoms with Crippen LogP contribution in [0.15, 0.2) is 18.6 Å². The number of nitrogens with zero attached hydrogens (tertiary/aromatic N) is 3. The zero-order valence-corrected chi connectivity index (χ0v) is 18.6. The molecule has 2 unspecified atom stereocenters. The van der Waals surface area contributed by atoms with Crippen molar-refractivity contribution in [3.05, 3.63) is 18.6 Å². The van der Waals surface area contributed by atoms with Gasteiger partial charge < -0.3 is 34.7 Å². The molecule has 0 bridgehead atoms.